The lowest BCUT2D eigenvalue weighted by molar-refractivity contribution is 0.439. The summed E-state index contributed by atoms with van der Waals surface area (Å²) in [6.45, 7) is 0. The molecule has 0 saturated carbocycles. The van der Waals surface area contributed by atoms with E-state index in [2.05, 4.69) is 26.1 Å². The summed E-state index contributed by atoms with van der Waals surface area (Å²) in [5.41, 5.74) is 9.00. The molecule has 0 aliphatic heterocycles. The fraction of sp³-hybridized carbons (Fsp3) is 0. The lowest BCUT2D eigenvalue weighted by Gasteiger charge is -2.04. The van der Waals surface area contributed by atoms with Crippen LogP contribution in [0.3, 0.4) is 0 Å². The standard InChI is InChI=1S/C14H9BrClN3O/c15-10-5-9(6-11(16)7-10)13-12(14(17)20-19-13)8-1-3-18-4-2-8/h1-7H,17H2. The largest absolute Gasteiger partial charge is 0.367 e. The van der Waals surface area contributed by atoms with E-state index in [4.69, 9.17) is 21.9 Å². The van der Waals surface area contributed by atoms with Gasteiger partial charge in [0.1, 0.15) is 5.69 Å². The second-order valence-electron chi connectivity index (χ2n) is 4.16. The molecule has 0 atom stereocenters. The van der Waals surface area contributed by atoms with Gasteiger partial charge in [-0.25, -0.2) is 0 Å². The van der Waals surface area contributed by atoms with E-state index in [0.717, 1.165) is 21.2 Å². The number of pyridine rings is 1. The molecule has 0 radical (unpaired) electrons. The molecule has 0 unspecified atom stereocenters. The monoisotopic (exact) mass is 349 g/mol. The highest BCUT2D eigenvalue weighted by molar-refractivity contribution is 9.10. The molecule has 6 heteroatoms. The number of hydrogen-bond acceptors (Lipinski definition) is 4. The normalized spacial score (nSPS) is 10.7. The van der Waals surface area contributed by atoms with Crippen LogP contribution in [0.25, 0.3) is 22.4 Å². The van der Waals surface area contributed by atoms with Crippen molar-refractivity contribution in [2.45, 2.75) is 0 Å². The van der Waals surface area contributed by atoms with Crippen molar-refractivity contribution >= 4 is 33.4 Å². The van der Waals surface area contributed by atoms with Crippen LogP contribution in [-0.4, -0.2) is 10.1 Å². The molecule has 3 aromatic rings. The van der Waals surface area contributed by atoms with Crippen LogP contribution in [0.2, 0.25) is 5.02 Å². The van der Waals surface area contributed by atoms with Crippen LogP contribution in [0, 0.1) is 0 Å². The van der Waals surface area contributed by atoms with Gasteiger partial charge in [-0.1, -0.05) is 32.7 Å². The van der Waals surface area contributed by atoms with Crippen LogP contribution in [0.15, 0.2) is 51.7 Å². The summed E-state index contributed by atoms with van der Waals surface area (Å²) in [7, 11) is 0. The van der Waals surface area contributed by atoms with E-state index in [0.29, 0.717) is 10.7 Å². The predicted molar refractivity (Wildman–Crippen MR) is 82.3 cm³/mol. The number of halogens is 2. The Balaban J connectivity index is 2.21. The molecule has 2 N–H and O–H groups in total. The van der Waals surface area contributed by atoms with Crippen molar-refractivity contribution < 1.29 is 4.52 Å². The first-order valence-electron chi connectivity index (χ1n) is 5.77. The van der Waals surface area contributed by atoms with Crippen LogP contribution in [0.4, 0.5) is 5.88 Å². The highest BCUT2D eigenvalue weighted by Crippen LogP contribution is 2.37. The maximum Gasteiger partial charge on any atom is 0.230 e. The molecule has 100 valence electrons. The van der Waals surface area contributed by atoms with Gasteiger partial charge in [-0.3, -0.25) is 4.98 Å². The van der Waals surface area contributed by atoms with E-state index in [1.54, 1.807) is 18.5 Å². The molecule has 0 amide bonds. The average Bonchev–Trinajstić information content (AvgIpc) is 2.80. The van der Waals surface area contributed by atoms with Gasteiger partial charge in [0, 0.05) is 27.5 Å². The second-order valence-corrected chi connectivity index (χ2v) is 5.52. The van der Waals surface area contributed by atoms with Gasteiger partial charge in [0.05, 0.1) is 5.56 Å². The minimum atomic E-state index is 0.266. The van der Waals surface area contributed by atoms with Crippen LogP contribution in [0.1, 0.15) is 0 Å². The lowest BCUT2D eigenvalue weighted by atomic mass is 10.0. The third-order valence-electron chi connectivity index (χ3n) is 2.82. The molecule has 20 heavy (non-hydrogen) atoms. The van der Waals surface area contributed by atoms with Crippen molar-refractivity contribution in [2.24, 2.45) is 0 Å². The maximum absolute atomic E-state index is 6.08. The lowest BCUT2D eigenvalue weighted by Crippen LogP contribution is -1.88. The number of nitrogens with two attached hydrogens (primary N) is 1. The van der Waals surface area contributed by atoms with Gasteiger partial charge in [0.2, 0.25) is 5.88 Å². The van der Waals surface area contributed by atoms with Gasteiger partial charge >= 0.3 is 0 Å². The summed E-state index contributed by atoms with van der Waals surface area (Å²) >= 11 is 9.49. The summed E-state index contributed by atoms with van der Waals surface area (Å²) in [4.78, 5) is 4.00. The number of aromatic nitrogens is 2. The number of nitrogens with zero attached hydrogens (tertiary/aromatic N) is 2. The zero-order valence-corrected chi connectivity index (χ0v) is 12.5. The maximum atomic E-state index is 6.08. The Morgan fingerprint density at radius 3 is 2.55 bits per heavy atom. The summed E-state index contributed by atoms with van der Waals surface area (Å²) in [5, 5.41) is 4.65. The van der Waals surface area contributed by atoms with E-state index >= 15 is 0 Å². The second kappa shape index (κ2) is 5.26. The first-order valence-corrected chi connectivity index (χ1v) is 6.94. The van der Waals surface area contributed by atoms with Gasteiger partial charge in [0.15, 0.2) is 0 Å². The Morgan fingerprint density at radius 2 is 1.85 bits per heavy atom. The summed E-state index contributed by atoms with van der Waals surface area (Å²) in [5.74, 6) is 0.266. The minimum absolute atomic E-state index is 0.266. The number of anilines is 1. The average molecular weight is 351 g/mol. The van der Waals surface area contributed by atoms with Gasteiger partial charge in [-0.05, 0) is 35.9 Å². The molecule has 0 bridgehead atoms. The Bertz CT molecular complexity index is 738. The topological polar surface area (TPSA) is 64.9 Å². The molecule has 3 rings (SSSR count). The SMILES string of the molecule is Nc1onc(-c2cc(Cl)cc(Br)c2)c1-c1ccncc1. The molecule has 4 nitrogen and oxygen atoms in total. The molecule has 0 fully saturated rings. The van der Waals surface area contributed by atoms with Crippen LogP contribution >= 0.6 is 27.5 Å². The zero-order chi connectivity index (χ0) is 14.1. The highest BCUT2D eigenvalue weighted by Gasteiger charge is 2.18. The summed E-state index contributed by atoms with van der Waals surface area (Å²) < 4.78 is 6.00. The smallest absolute Gasteiger partial charge is 0.230 e. The van der Waals surface area contributed by atoms with Gasteiger partial charge in [-0.2, -0.15) is 0 Å². The van der Waals surface area contributed by atoms with Crippen LogP contribution < -0.4 is 5.73 Å². The van der Waals surface area contributed by atoms with Crippen molar-refractivity contribution in [3.05, 3.63) is 52.2 Å². The van der Waals surface area contributed by atoms with Gasteiger partial charge in [-0.15, -0.1) is 0 Å². The van der Waals surface area contributed by atoms with Crippen molar-refractivity contribution in [3.8, 4) is 22.4 Å². The Labute approximate surface area is 128 Å². The Hall–Kier alpha value is -1.85. The molecule has 2 aromatic heterocycles. The molecule has 1 aromatic carbocycles. The Morgan fingerprint density at radius 1 is 1.10 bits per heavy atom. The van der Waals surface area contributed by atoms with E-state index in [1.165, 1.54) is 0 Å². The zero-order valence-electron chi connectivity index (χ0n) is 10.2. The van der Waals surface area contributed by atoms with Crippen molar-refractivity contribution in [2.75, 3.05) is 5.73 Å². The van der Waals surface area contributed by atoms with E-state index < -0.39 is 0 Å². The molecule has 0 aliphatic carbocycles. The van der Waals surface area contributed by atoms with E-state index in [1.807, 2.05) is 24.3 Å². The first kappa shape index (κ1) is 13.1. The molecule has 0 aliphatic rings. The predicted octanol–water partition coefficient (Wildman–Crippen LogP) is 4.40. The van der Waals surface area contributed by atoms with Crippen molar-refractivity contribution in [1.29, 1.82) is 0 Å². The van der Waals surface area contributed by atoms with Crippen molar-refractivity contribution in [3.63, 3.8) is 0 Å². The number of nitrogen functional groups attached to an aromatic ring is 1. The third kappa shape index (κ3) is 2.42. The van der Waals surface area contributed by atoms with Crippen LogP contribution in [-0.2, 0) is 0 Å². The molecule has 0 spiro atoms. The quantitative estimate of drug-likeness (QED) is 0.744. The van der Waals surface area contributed by atoms with Crippen LogP contribution in [0.5, 0.6) is 0 Å². The van der Waals surface area contributed by atoms with E-state index in [-0.39, 0.29) is 5.88 Å². The molecular formula is C14H9BrClN3O. The first-order chi connectivity index (χ1) is 9.65. The highest BCUT2D eigenvalue weighted by atomic mass is 79.9. The summed E-state index contributed by atoms with van der Waals surface area (Å²) in [6, 6.07) is 9.24. The molecule has 0 saturated heterocycles. The number of benzene rings is 1. The summed E-state index contributed by atoms with van der Waals surface area (Å²) in [6.07, 6.45) is 3.39. The van der Waals surface area contributed by atoms with Gasteiger partial charge in [0.25, 0.3) is 0 Å². The minimum Gasteiger partial charge on any atom is -0.367 e. The number of rotatable bonds is 2. The Kier molecular flexibility index (Phi) is 3.46. The number of hydrogen-bond donors (Lipinski definition) is 1. The third-order valence-corrected chi connectivity index (χ3v) is 3.50. The van der Waals surface area contributed by atoms with Crippen molar-refractivity contribution in [1.82, 2.24) is 10.1 Å². The molecule has 2 heterocycles. The molecular weight excluding hydrogens is 342 g/mol. The fourth-order valence-electron chi connectivity index (χ4n) is 1.99. The fourth-order valence-corrected chi connectivity index (χ4v) is 2.85. The van der Waals surface area contributed by atoms with Gasteiger partial charge < -0.3 is 10.3 Å². The van der Waals surface area contributed by atoms with E-state index in [9.17, 15) is 0 Å².